The predicted octanol–water partition coefficient (Wildman–Crippen LogP) is 6.22. The van der Waals surface area contributed by atoms with Gasteiger partial charge in [-0.2, -0.15) is 0 Å². The zero-order valence-corrected chi connectivity index (χ0v) is 25.5. The first-order valence-electron chi connectivity index (χ1n) is 12.6. The number of nitrogens with zero attached hydrogens (tertiary/aromatic N) is 2. The topological polar surface area (TPSA) is 86.8 Å². The summed E-state index contributed by atoms with van der Waals surface area (Å²) in [5.41, 5.74) is 1.95. The molecule has 2 aromatic rings. The second-order valence-electron chi connectivity index (χ2n) is 9.38. The lowest BCUT2D eigenvalue weighted by atomic mass is 10.1. The predicted molar refractivity (Wildman–Crippen MR) is 157 cm³/mol. The van der Waals surface area contributed by atoms with E-state index in [1.807, 2.05) is 20.8 Å². The van der Waals surface area contributed by atoms with Gasteiger partial charge in [0, 0.05) is 30.6 Å². The summed E-state index contributed by atoms with van der Waals surface area (Å²) < 4.78 is 26.4. The van der Waals surface area contributed by atoms with E-state index in [9.17, 15) is 18.0 Å². The lowest BCUT2D eigenvalue weighted by Gasteiger charge is -2.32. The average molecular weight is 605 g/mol. The molecule has 0 saturated carbocycles. The molecule has 0 saturated heterocycles. The molecule has 11 heteroatoms. The van der Waals surface area contributed by atoms with Gasteiger partial charge in [0.15, 0.2) is 0 Å². The van der Waals surface area contributed by atoms with E-state index in [1.165, 1.54) is 9.21 Å². The van der Waals surface area contributed by atoms with Gasteiger partial charge < -0.3 is 10.2 Å². The van der Waals surface area contributed by atoms with E-state index in [0.29, 0.717) is 27.2 Å². The number of carbonyl (C=O) groups excluding carboxylic acids is 2. The Kier molecular flexibility index (Phi) is 12.2. The van der Waals surface area contributed by atoms with Crippen molar-refractivity contribution >= 4 is 62.3 Å². The third-order valence-electron chi connectivity index (χ3n) is 6.32. The fraction of sp³-hybridized carbons (Fsp3) is 0.481. The molecule has 2 atom stereocenters. The van der Waals surface area contributed by atoms with E-state index < -0.39 is 16.1 Å². The average Bonchev–Trinajstić information content (AvgIpc) is 2.84. The number of hydrogen-bond donors (Lipinski definition) is 1. The van der Waals surface area contributed by atoms with Gasteiger partial charge in [0.25, 0.3) is 0 Å². The summed E-state index contributed by atoms with van der Waals surface area (Å²) in [4.78, 5) is 28.2. The first-order valence-corrected chi connectivity index (χ1v) is 15.5. The Hall–Kier alpha value is -2.00. The largest absolute Gasteiger partial charge is 0.352 e. The van der Waals surface area contributed by atoms with E-state index in [4.69, 9.17) is 34.8 Å². The minimum atomic E-state index is -3.63. The van der Waals surface area contributed by atoms with Crippen LogP contribution in [0.5, 0.6) is 0 Å². The zero-order valence-electron chi connectivity index (χ0n) is 22.4. The Morgan fingerprint density at radius 3 is 2.26 bits per heavy atom. The molecule has 1 N–H and O–H groups in total. The molecule has 0 heterocycles. The number of amides is 2. The second-order valence-corrected chi connectivity index (χ2v) is 12.5. The summed E-state index contributed by atoms with van der Waals surface area (Å²) in [7, 11) is -3.63. The van der Waals surface area contributed by atoms with Crippen molar-refractivity contribution in [3.8, 4) is 0 Å². The van der Waals surface area contributed by atoms with Crippen LogP contribution in [-0.4, -0.2) is 50.0 Å². The van der Waals surface area contributed by atoms with Crippen LogP contribution in [0.3, 0.4) is 0 Å². The molecular weight excluding hydrogens is 569 g/mol. The van der Waals surface area contributed by atoms with Gasteiger partial charge in [0.1, 0.15) is 6.04 Å². The van der Waals surface area contributed by atoms with Crippen molar-refractivity contribution in [1.29, 1.82) is 0 Å². The Morgan fingerprint density at radius 1 is 1.00 bits per heavy atom. The van der Waals surface area contributed by atoms with Gasteiger partial charge in [0.05, 0.1) is 22.0 Å². The molecule has 0 radical (unpaired) electrons. The van der Waals surface area contributed by atoms with Gasteiger partial charge in [-0.15, -0.1) is 0 Å². The van der Waals surface area contributed by atoms with Gasteiger partial charge in [0.2, 0.25) is 21.8 Å². The van der Waals surface area contributed by atoms with Gasteiger partial charge in [-0.3, -0.25) is 13.9 Å². The lowest BCUT2D eigenvalue weighted by Crippen LogP contribution is -2.50. The quantitative estimate of drug-likeness (QED) is 0.294. The minimum Gasteiger partial charge on any atom is -0.352 e. The normalized spacial score (nSPS) is 13.1. The highest BCUT2D eigenvalue weighted by Crippen LogP contribution is 2.27. The van der Waals surface area contributed by atoms with Gasteiger partial charge >= 0.3 is 0 Å². The van der Waals surface area contributed by atoms with Crippen LogP contribution < -0.4 is 9.62 Å². The summed E-state index contributed by atoms with van der Waals surface area (Å²) in [6.45, 7) is 7.78. The molecule has 38 heavy (non-hydrogen) atoms. The molecular formula is C27H36Cl3N3O4S. The number of benzene rings is 2. The molecule has 0 aromatic heterocycles. The van der Waals surface area contributed by atoms with Crippen LogP contribution in [0.15, 0.2) is 36.4 Å². The van der Waals surface area contributed by atoms with Crippen LogP contribution in [0.25, 0.3) is 0 Å². The van der Waals surface area contributed by atoms with Crippen LogP contribution in [-0.2, 0) is 26.2 Å². The Labute approximate surface area is 241 Å². The number of carbonyl (C=O) groups is 2. The van der Waals surface area contributed by atoms with Gasteiger partial charge in [-0.1, -0.05) is 60.8 Å². The Bertz CT molecular complexity index is 1240. The number of anilines is 1. The third kappa shape index (κ3) is 9.04. The van der Waals surface area contributed by atoms with E-state index >= 15 is 0 Å². The van der Waals surface area contributed by atoms with E-state index in [0.717, 1.165) is 23.8 Å². The molecule has 2 rings (SSSR count). The van der Waals surface area contributed by atoms with Gasteiger partial charge in [-0.25, -0.2) is 8.42 Å². The van der Waals surface area contributed by atoms with Crippen molar-refractivity contribution < 1.29 is 18.0 Å². The highest BCUT2D eigenvalue weighted by molar-refractivity contribution is 7.92. The number of sulfonamides is 1. The molecule has 0 aliphatic carbocycles. The summed E-state index contributed by atoms with van der Waals surface area (Å²) in [6, 6.07) is 9.40. The molecule has 0 aliphatic rings. The fourth-order valence-electron chi connectivity index (χ4n) is 4.03. The standard InChI is InChI=1S/C27H36Cl3N3O4S/c1-6-19(4)31-27(35)24(7-2)32(17-20-11-13-22(29)23(30)15-20)26(34)9-8-14-33(38(5,36)37)25-16-21(28)12-10-18(25)3/h10-13,15-16,19,24H,6-9,14,17H2,1-5H3,(H,31,35). The molecule has 2 unspecified atom stereocenters. The number of rotatable bonds is 13. The monoisotopic (exact) mass is 603 g/mol. The van der Waals surface area contributed by atoms with E-state index in [1.54, 1.807) is 43.3 Å². The lowest BCUT2D eigenvalue weighted by molar-refractivity contribution is -0.141. The fourth-order valence-corrected chi connectivity index (χ4v) is 5.53. The van der Waals surface area contributed by atoms with Crippen LogP contribution >= 0.6 is 34.8 Å². The van der Waals surface area contributed by atoms with Crippen molar-refractivity contribution in [3.05, 3.63) is 62.6 Å². The summed E-state index contributed by atoms with van der Waals surface area (Å²) >= 11 is 18.4. The summed E-state index contributed by atoms with van der Waals surface area (Å²) in [5, 5.41) is 4.14. The minimum absolute atomic E-state index is 0.0391. The smallest absolute Gasteiger partial charge is 0.243 e. The molecule has 0 bridgehead atoms. The van der Waals surface area contributed by atoms with Crippen molar-refractivity contribution in [2.45, 2.75) is 72.0 Å². The van der Waals surface area contributed by atoms with E-state index in [-0.39, 0.29) is 43.8 Å². The van der Waals surface area contributed by atoms with Crippen LogP contribution in [0, 0.1) is 6.92 Å². The maximum atomic E-state index is 13.5. The highest BCUT2D eigenvalue weighted by atomic mass is 35.5. The van der Waals surface area contributed by atoms with Crippen LogP contribution in [0.1, 0.15) is 57.6 Å². The van der Waals surface area contributed by atoms with Crippen LogP contribution in [0.4, 0.5) is 5.69 Å². The van der Waals surface area contributed by atoms with Crippen molar-refractivity contribution in [2.24, 2.45) is 0 Å². The summed E-state index contributed by atoms with van der Waals surface area (Å²) in [5.74, 6) is -0.499. The van der Waals surface area contributed by atoms with Crippen LogP contribution in [0.2, 0.25) is 15.1 Å². The maximum absolute atomic E-state index is 13.5. The third-order valence-corrected chi connectivity index (χ3v) is 8.47. The van der Waals surface area contributed by atoms with Crippen molar-refractivity contribution in [2.75, 3.05) is 17.1 Å². The number of nitrogens with one attached hydrogen (secondary N) is 1. The molecule has 0 aliphatic heterocycles. The molecule has 2 aromatic carbocycles. The highest BCUT2D eigenvalue weighted by Gasteiger charge is 2.29. The summed E-state index contributed by atoms with van der Waals surface area (Å²) in [6.07, 6.45) is 2.58. The zero-order chi connectivity index (χ0) is 28.6. The number of hydrogen-bond acceptors (Lipinski definition) is 4. The second kappa shape index (κ2) is 14.4. The van der Waals surface area contributed by atoms with Crippen molar-refractivity contribution in [3.63, 3.8) is 0 Å². The first kappa shape index (κ1) is 32.2. The molecule has 0 spiro atoms. The maximum Gasteiger partial charge on any atom is 0.243 e. The Balaban J connectivity index is 2.29. The number of aryl methyl sites for hydroxylation is 1. The first-order chi connectivity index (χ1) is 17.8. The van der Waals surface area contributed by atoms with E-state index in [2.05, 4.69) is 5.32 Å². The number of halogens is 3. The molecule has 210 valence electrons. The van der Waals surface area contributed by atoms with Crippen molar-refractivity contribution in [1.82, 2.24) is 10.2 Å². The molecule has 0 fully saturated rings. The SMILES string of the molecule is CCC(C)NC(=O)C(CC)N(Cc1ccc(Cl)c(Cl)c1)C(=O)CCCN(c1cc(Cl)ccc1C)S(C)(=O)=O. The van der Waals surface area contributed by atoms with Gasteiger partial charge in [-0.05, 0) is 68.5 Å². The molecule has 7 nitrogen and oxygen atoms in total. The molecule has 2 amide bonds. The Morgan fingerprint density at radius 2 is 1.68 bits per heavy atom.